The Labute approximate surface area is 117 Å². The van der Waals surface area contributed by atoms with Gasteiger partial charge in [0.1, 0.15) is 5.82 Å². The highest BCUT2D eigenvalue weighted by atomic mass is 79.9. The lowest BCUT2D eigenvalue weighted by atomic mass is 10.2. The molecule has 92 valence electrons. The maximum absolute atomic E-state index is 12.9. The van der Waals surface area contributed by atoms with Crippen molar-refractivity contribution in [1.82, 2.24) is 0 Å². The van der Waals surface area contributed by atoms with E-state index in [0.29, 0.717) is 20.7 Å². The van der Waals surface area contributed by atoms with Gasteiger partial charge in [0, 0.05) is 15.1 Å². The van der Waals surface area contributed by atoms with Gasteiger partial charge < -0.3 is 5.32 Å². The average Bonchev–Trinajstić information content (AvgIpc) is 2.33. The third-order valence-electron chi connectivity index (χ3n) is 2.29. The first-order chi connectivity index (χ1) is 8.56. The molecule has 2 rings (SSSR count). The van der Waals surface area contributed by atoms with Crippen molar-refractivity contribution in [2.75, 3.05) is 5.32 Å². The largest absolute Gasteiger partial charge is 0.321 e. The Morgan fingerprint density at radius 3 is 2.44 bits per heavy atom. The van der Waals surface area contributed by atoms with Gasteiger partial charge in [0.15, 0.2) is 0 Å². The fraction of sp³-hybridized carbons (Fsp3) is 0. The highest BCUT2D eigenvalue weighted by Gasteiger charge is 2.08. The first-order valence-electron chi connectivity index (χ1n) is 5.08. The third kappa shape index (κ3) is 3.09. The molecule has 0 aliphatic carbocycles. The van der Waals surface area contributed by atoms with Crippen molar-refractivity contribution < 1.29 is 9.18 Å². The van der Waals surface area contributed by atoms with Gasteiger partial charge in [-0.15, -0.1) is 0 Å². The van der Waals surface area contributed by atoms with Crippen LogP contribution in [0.3, 0.4) is 0 Å². The molecule has 0 spiro atoms. The van der Waals surface area contributed by atoms with E-state index in [1.165, 1.54) is 18.2 Å². The van der Waals surface area contributed by atoms with Crippen LogP contribution >= 0.6 is 27.5 Å². The highest BCUT2D eigenvalue weighted by Crippen LogP contribution is 2.23. The Bertz CT molecular complexity index is 586. The lowest BCUT2D eigenvalue weighted by molar-refractivity contribution is 0.102. The van der Waals surface area contributed by atoms with Gasteiger partial charge in [0.2, 0.25) is 0 Å². The number of halogens is 3. The summed E-state index contributed by atoms with van der Waals surface area (Å²) in [5.41, 5.74) is 0.993. The molecular weight excluding hydrogens is 321 g/mol. The summed E-state index contributed by atoms with van der Waals surface area (Å²) >= 11 is 8.92. The summed E-state index contributed by atoms with van der Waals surface area (Å²) in [4.78, 5) is 11.9. The molecule has 0 atom stereocenters. The normalized spacial score (nSPS) is 10.2. The van der Waals surface area contributed by atoms with Gasteiger partial charge in [-0.3, -0.25) is 4.79 Å². The number of anilines is 1. The first kappa shape index (κ1) is 13.1. The number of benzene rings is 2. The first-order valence-corrected chi connectivity index (χ1v) is 6.25. The van der Waals surface area contributed by atoms with Gasteiger partial charge in [-0.25, -0.2) is 4.39 Å². The number of amides is 1. The van der Waals surface area contributed by atoms with Crippen molar-refractivity contribution >= 4 is 39.1 Å². The Kier molecular flexibility index (Phi) is 3.99. The van der Waals surface area contributed by atoms with Crippen LogP contribution in [0.4, 0.5) is 10.1 Å². The second-order valence-corrected chi connectivity index (χ2v) is 4.88. The smallest absolute Gasteiger partial charge is 0.255 e. The van der Waals surface area contributed by atoms with Crippen molar-refractivity contribution in [2.24, 2.45) is 0 Å². The summed E-state index contributed by atoms with van der Waals surface area (Å²) in [6.07, 6.45) is 0. The molecule has 18 heavy (non-hydrogen) atoms. The summed E-state index contributed by atoms with van der Waals surface area (Å²) in [5, 5.41) is 3.24. The second kappa shape index (κ2) is 5.50. The molecule has 1 N–H and O–H groups in total. The standard InChI is InChI=1S/C13H8BrClFNO/c14-11-7-10(16)5-6-12(11)17-13(18)8-1-3-9(15)4-2-8/h1-7H,(H,17,18). The van der Waals surface area contributed by atoms with Gasteiger partial charge in [-0.1, -0.05) is 11.6 Å². The molecule has 0 radical (unpaired) electrons. The minimum Gasteiger partial charge on any atom is -0.321 e. The minimum atomic E-state index is -0.369. The fourth-order valence-corrected chi connectivity index (χ4v) is 1.96. The molecule has 0 aliphatic heterocycles. The van der Waals surface area contributed by atoms with Crippen molar-refractivity contribution in [3.05, 3.63) is 63.3 Å². The molecule has 0 fully saturated rings. The molecule has 2 aromatic rings. The Balaban J connectivity index is 2.18. The van der Waals surface area contributed by atoms with E-state index in [-0.39, 0.29) is 11.7 Å². The fourth-order valence-electron chi connectivity index (χ4n) is 1.39. The van der Waals surface area contributed by atoms with Gasteiger partial charge in [-0.05, 0) is 58.4 Å². The number of nitrogens with one attached hydrogen (secondary N) is 1. The highest BCUT2D eigenvalue weighted by molar-refractivity contribution is 9.10. The number of carbonyl (C=O) groups excluding carboxylic acids is 1. The van der Waals surface area contributed by atoms with Gasteiger partial charge >= 0.3 is 0 Å². The molecule has 2 aromatic carbocycles. The monoisotopic (exact) mass is 327 g/mol. The van der Waals surface area contributed by atoms with E-state index in [0.717, 1.165) is 0 Å². The van der Waals surface area contributed by atoms with Crippen molar-refractivity contribution in [3.63, 3.8) is 0 Å². The number of rotatable bonds is 2. The minimum absolute atomic E-state index is 0.279. The summed E-state index contributed by atoms with van der Waals surface area (Å²) in [6, 6.07) is 10.6. The zero-order chi connectivity index (χ0) is 13.1. The number of hydrogen-bond donors (Lipinski definition) is 1. The Morgan fingerprint density at radius 2 is 1.83 bits per heavy atom. The van der Waals surface area contributed by atoms with Gasteiger partial charge in [0.25, 0.3) is 5.91 Å². The predicted octanol–water partition coefficient (Wildman–Crippen LogP) is 4.49. The molecule has 2 nitrogen and oxygen atoms in total. The summed E-state index contributed by atoms with van der Waals surface area (Å²) in [6.45, 7) is 0. The van der Waals surface area contributed by atoms with Gasteiger partial charge in [0.05, 0.1) is 5.69 Å². The van der Waals surface area contributed by atoms with E-state index < -0.39 is 0 Å². The second-order valence-electron chi connectivity index (χ2n) is 3.59. The number of hydrogen-bond acceptors (Lipinski definition) is 1. The summed E-state index contributed by atoms with van der Waals surface area (Å²) < 4.78 is 13.4. The van der Waals surface area contributed by atoms with E-state index in [9.17, 15) is 9.18 Å². The quantitative estimate of drug-likeness (QED) is 0.864. The predicted molar refractivity (Wildman–Crippen MR) is 73.5 cm³/mol. The van der Waals surface area contributed by atoms with E-state index in [2.05, 4.69) is 21.2 Å². The molecule has 0 heterocycles. The van der Waals surface area contributed by atoms with Crippen molar-refractivity contribution in [3.8, 4) is 0 Å². The van der Waals surface area contributed by atoms with Crippen LogP contribution in [0.2, 0.25) is 5.02 Å². The topological polar surface area (TPSA) is 29.1 Å². The Morgan fingerprint density at radius 1 is 1.17 bits per heavy atom. The maximum atomic E-state index is 12.9. The van der Waals surface area contributed by atoms with Crippen LogP contribution in [0.1, 0.15) is 10.4 Å². The van der Waals surface area contributed by atoms with E-state index >= 15 is 0 Å². The van der Waals surface area contributed by atoms with Crippen LogP contribution in [-0.2, 0) is 0 Å². The maximum Gasteiger partial charge on any atom is 0.255 e. The molecular formula is C13H8BrClFNO. The third-order valence-corrected chi connectivity index (χ3v) is 3.19. The zero-order valence-electron chi connectivity index (χ0n) is 9.08. The van der Waals surface area contributed by atoms with Crippen LogP contribution < -0.4 is 5.32 Å². The van der Waals surface area contributed by atoms with Crippen LogP contribution in [-0.4, -0.2) is 5.91 Å². The summed E-state index contributed by atoms with van der Waals surface area (Å²) in [5.74, 6) is -0.648. The summed E-state index contributed by atoms with van der Waals surface area (Å²) in [7, 11) is 0. The average molecular weight is 329 g/mol. The van der Waals surface area contributed by atoms with Crippen LogP contribution in [0.5, 0.6) is 0 Å². The van der Waals surface area contributed by atoms with Crippen LogP contribution in [0.15, 0.2) is 46.9 Å². The Hall–Kier alpha value is -1.39. The van der Waals surface area contributed by atoms with Crippen molar-refractivity contribution in [1.29, 1.82) is 0 Å². The molecule has 0 saturated heterocycles. The molecule has 0 aliphatic rings. The van der Waals surface area contributed by atoms with Crippen LogP contribution in [0, 0.1) is 5.82 Å². The number of carbonyl (C=O) groups is 1. The lowest BCUT2D eigenvalue weighted by Gasteiger charge is -2.07. The van der Waals surface area contributed by atoms with Crippen LogP contribution in [0.25, 0.3) is 0 Å². The van der Waals surface area contributed by atoms with E-state index in [1.807, 2.05) is 0 Å². The molecule has 0 unspecified atom stereocenters. The molecule has 0 aromatic heterocycles. The van der Waals surface area contributed by atoms with E-state index in [1.54, 1.807) is 24.3 Å². The lowest BCUT2D eigenvalue weighted by Crippen LogP contribution is -2.12. The van der Waals surface area contributed by atoms with E-state index in [4.69, 9.17) is 11.6 Å². The van der Waals surface area contributed by atoms with Crippen molar-refractivity contribution in [2.45, 2.75) is 0 Å². The van der Waals surface area contributed by atoms with Gasteiger partial charge in [-0.2, -0.15) is 0 Å². The molecule has 0 bridgehead atoms. The molecule has 1 amide bonds. The zero-order valence-corrected chi connectivity index (χ0v) is 11.4. The molecule has 0 saturated carbocycles. The SMILES string of the molecule is O=C(Nc1ccc(F)cc1Br)c1ccc(Cl)cc1. The molecule has 5 heteroatoms.